The summed E-state index contributed by atoms with van der Waals surface area (Å²) in [7, 11) is -3.89. The quantitative estimate of drug-likeness (QED) is 0.862. The largest absolute Gasteiger partial charge is 0.548 e. The number of rotatable bonds is 5. The van der Waals surface area contributed by atoms with Crippen LogP contribution < -0.4 is 9.83 Å². The van der Waals surface area contributed by atoms with Crippen molar-refractivity contribution in [2.75, 3.05) is 0 Å². The molecule has 4 saturated carbocycles. The predicted octanol–water partition coefficient (Wildman–Crippen LogP) is 1.61. The third-order valence-corrected chi connectivity index (χ3v) is 7.98. The molecule has 0 unspecified atom stereocenters. The molecular weight excluding hydrogens is 338 g/mol. The average Bonchev–Trinajstić information content (AvgIpc) is 2.51. The van der Waals surface area contributed by atoms with Crippen LogP contribution >= 0.6 is 0 Å². The van der Waals surface area contributed by atoms with E-state index in [9.17, 15) is 18.3 Å². The lowest BCUT2D eigenvalue weighted by atomic mass is 9.48. The first kappa shape index (κ1) is 17.0. The minimum atomic E-state index is -3.89. The first-order valence-corrected chi connectivity index (χ1v) is 10.6. The number of hydrogen-bond acceptors (Lipinski definition) is 4. The minimum absolute atomic E-state index is 0.106. The number of carbonyl (C=O) groups excluding carboxylic acids is 1. The summed E-state index contributed by atoms with van der Waals surface area (Å²) in [5.74, 6) is 0.323. The second-order valence-corrected chi connectivity index (χ2v) is 10.2. The monoisotopic (exact) mass is 362 g/mol. The lowest BCUT2D eigenvalue weighted by Gasteiger charge is -2.59. The molecule has 25 heavy (non-hydrogen) atoms. The van der Waals surface area contributed by atoms with Crippen LogP contribution in [-0.4, -0.2) is 20.4 Å². The van der Waals surface area contributed by atoms with Crippen LogP contribution in [-0.2, 0) is 14.8 Å². The van der Waals surface area contributed by atoms with Crippen LogP contribution in [0.3, 0.4) is 0 Å². The van der Waals surface area contributed by atoms with Gasteiger partial charge in [-0.2, -0.15) is 0 Å². The number of carboxylic acids is 1. The molecule has 1 atom stereocenters. The molecule has 4 bridgehead atoms. The molecule has 1 aromatic carbocycles. The second kappa shape index (κ2) is 5.81. The highest BCUT2D eigenvalue weighted by Crippen LogP contribution is 2.61. The molecule has 0 saturated heterocycles. The Kier molecular flexibility index (Phi) is 3.96. The SMILES string of the molecule is Cc1ccc(S(=O)(=O)N[C@@H](C(=O)[O-])C23CC4CC(CC(C4)C2)C3)cc1. The molecule has 4 aliphatic carbocycles. The maximum Gasteiger partial charge on any atom is 0.241 e. The summed E-state index contributed by atoms with van der Waals surface area (Å²) in [6.07, 6.45) is 5.91. The van der Waals surface area contributed by atoms with Crippen LogP contribution in [0.5, 0.6) is 0 Å². The van der Waals surface area contributed by atoms with Crippen molar-refractivity contribution in [3.63, 3.8) is 0 Å². The summed E-state index contributed by atoms with van der Waals surface area (Å²) < 4.78 is 28.0. The number of aryl methyl sites for hydroxylation is 1. The highest BCUT2D eigenvalue weighted by Gasteiger charge is 2.55. The van der Waals surface area contributed by atoms with Crippen molar-refractivity contribution >= 4 is 16.0 Å². The standard InChI is InChI=1S/C19H25NO4S/c1-12-2-4-16(5-3-12)25(23,24)20-17(18(21)22)19-9-13-6-14(10-19)8-15(7-13)11-19/h2-5,13-15,17,20H,6-11H2,1H3,(H,21,22)/p-1/t13?,14?,15?,17-,19?/m0/s1. The smallest absolute Gasteiger partial charge is 0.241 e. The van der Waals surface area contributed by atoms with Gasteiger partial charge < -0.3 is 9.90 Å². The van der Waals surface area contributed by atoms with E-state index in [0.29, 0.717) is 17.8 Å². The number of aliphatic carboxylic acids is 1. The number of hydrogen-bond donors (Lipinski definition) is 1. The Labute approximate surface area is 148 Å². The summed E-state index contributed by atoms with van der Waals surface area (Å²) in [5.41, 5.74) is 0.474. The molecule has 1 aromatic rings. The van der Waals surface area contributed by atoms with E-state index in [0.717, 1.165) is 24.8 Å². The van der Waals surface area contributed by atoms with Crippen molar-refractivity contribution < 1.29 is 18.3 Å². The van der Waals surface area contributed by atoms with Crippen LogP contribution in [0.1, 0.15) is 44.1 Å². The zero-order valence-corrected chi connectivity index (χ0v) is 15.2. The fourth-order valence-corrected chi connectivity index (χ4v) is 7.18. The molecule has 4 fully saturated rings. The molecule has 6 heteroatoms. The molecule has 0 aromatic heterocycles. The van der Waals surface area contributed by atoms with Crippen molar-refractivity contribution in [1.82, 2.24) is 4.72 Å². The van der Waals surface area contributed by atoms with Crippen molar-refractivity contribution in [2.45, 2.75) is 56.4 Å². The first-order valence-electron chi connectivity index (χ1n) is 9.07. The van der Waals surface area contributed by atoms with E-state index in [2.05, 4.69) is 4.72 Å². The molecule has 5 nitrogen and oxygen atoms in total. The molecular formula is C19H24NO4S-. The van der Waals surface area contributed by atoms with Crippen LogP contribution in [0.4, 0.5) is 0 Å². The zero-order chi connectivity index (χ0) is 17.8. The number of nitrogens with one attached hydrogen (secondary N) is 1. The highest BCUT2D eigenvalue weighted by molar-refractivity contribution is 7.89. The fraction of sp³-hybridized carbons (Fsp3) is 0.632. The Morgan fingerprint density at radius 3 is 2.00 bits per heavy atom. The third kappa shape index (κ3) is 2.99. The fourth-order valence-electron chi connectivity index (χ4n) is 5.89. The van der Waals surface area contributed by atoms with Crippen LogP contribution in [0.25, 0.3) is 0 Å². The van der Waals surface area contributed by atoms with Crippen molar-refractivity contribution in [3.05, 3.63) is 29.8 Å². The van der Waals surface area contributed by atoms with Gasteiger partial charge in [-0.25, -0.2) is 13.1 Å². The van der Waals surface area contributed by atoms with E-state index >= 15 is 0 Å². The van der Waals surface area contributed by atoms with Gasteiger partial charge in [-0.05, 0) is 80.8 Å². The zero-order valence-electron chi connectivity index (χ0n) is 14.4. The summed E-state index contributed by atoms with van der Waals surface area (Å²) in [6, 6.07) is 5.32. The van der Waals surface area contributed by atoms with Gasteiger partial charge in [0.15, 0.2) is 0 Å². The van der Waals surface area contributed by atoms with Gasteiger partial charge in [-0.15, -0.1) is 0 Å². The molecule has 0 spiro atoms. The minimum Gasteiger partial charge on any atom is -0.548 e. The number of benzene rings is 1. The van der Waals surface area contributed by atoms with E-state index in [1.54, 1.807) is 12.1 Å². The van der Waals surface area contributed by atoms with E-state index in [1.165, 1.54) is 31.4 Å². The molecule has 0 heterocycles. The third-order valence-electron chi connectivity index (χ3n) is 6.54. The van der Waals surface area contributed by atoms with Gasteiger partial charge in [0.1, 0.15) is 0 Å². The Balaban J connectivity index is 1.64. The van der Waals surface area contributed by atoms with E-state index in [4.69, 9.17) is 0 Å². The summed E-state index contributed by atoms with van der Waals surface area (Å²) in [4.78, 5) is 12.0. The van der Waals surface area contributed by atoms with Gasteiger partial charge in [0.25, 0.3) is 0 Å². The summed E-state index contributed by atoms with van der Waals surface area (Å²) in [6.45, 7) is 1.88. The van der Waals surface area contributed by atoms with Crippen LogP contribution in [0, 0.1) is 30.1 Å². The number of carboxylic acid groups (broad SMARTS) is 1. The average molecular weight is 362 g/mol. The normalized spacial score (nSPS) is 34.8. The Hall–Kier alpha value is -1.40. The maximum absolute atomic E-state index is 12.7. The Morgan fingerprint density at radius 2 is 1.56 bits per heavy atom. The van der Waals surface area contributed by atoms with Gasteiger partial charge in [-0.3, -0.25) is 0 Å². The van der Waals surface area contributed by atoms with Crippen LogP contribution in [0.15, 0.2) is 29.2 Å². The van der Waals surface area contributed by atoms with Crippen molar-refractivity contribution in [1.29, 1.82) is 0 Å². The van der Waals surface area contributed by atoms with E-state index < -0.39 is 27.4 Å². The molecule has 0 radical (unpaired) electrons. The molecule has 136 valence electrons. The summed E-state index contributed by atoms with van der Waals surface area (Å²) in [5, 5.41) is 11.9. The van der Waals surface area contributed by atoms with Gasteiger partial charge in [-0.1, -0.05) is 17.7 Å². The lowest BCUT2D eigenvalue weighted by molar-refractivity contribution is -0.313. The Morgan fingerprint density at radius 1 is 1.08 bits per heavy atom. The first-order chi connectivity index (χ1) is 11.8. The van der Waals surface area contributed by atoms with Crippen LogP contribution in [0.2, 0.25) is 0 Å². The van der Waals surface area contributed by atoms with Gasteiger partial charge in [0, 0.05) is 0 Å². The van der Waals surface area contributed by atoms with E-state index in [-0.39, 0.29) is 4.90 Å². The van der Waals surface area contributed by atoms with Gasteiger partial charge in [0.2, 0.25) is 10.0 Å². The van der Waals surface area contributed by atoms with Crippen molar-refractivity contribution in [3.8, 4) is 0 Å². The highest BCUT2D eigenvalue weighted by atomic mass is 32.2. The van der Waals surface area contributed by atoms with Gasteiger partial charge in [0.05, 0.1) is 16.9 Å². The molecule has 0 amide bonds. The number of sulfonamides is 1. The summed E-state index contributed by atoms with van der Waals surface area (Å²) >= 11 is 0. The topological polar surface area (TPSA) is 86.3 Å². The van der Waals surface area contributed by atoms with E-state index in [1.807, 2.05) is 6.92 Å². The maximum atomic E-state index is 12.7. The molecule has 0 aliphatic heterocycles. The predicted molar refractivity (Wildman–Crippen MR) is 90.9 cm³/mol. The lowest BCUT2D eigenvalue weighted by Crippen LogP contribution is -2.62. The molecule has 1 N–H and O–H groups in total. The number of carbonyl (C=O) groups is 1. The Bertz CT molecular complexity index is 749. The van der Waals surface area contributed by atoms with Gasteiger partial charge >= 0.3 is 0 Å². The van der Waals surface area contributed by atoms with Crippen molar-refractivity contribution in [2.24, 2.45) is 23.2 Å². The molecule has 4 aliphatic rings. The molecule has 5 rings (SSSR count). The second-order valence-electron chi connectivity index (χ2n) is 8.47.